The minimum absolute atomic E-state index is 0. The summed E-state index contributed by atoms with van der Waals surface area (Å²) in [5.74, 6) is -0.526. The van der Waals surface area contributed by atoms with E-state index in [-0.39, 0.29) is 36.0 Å². The Morgan fingerprint density at radius 3 is 2.73 bits per heavy atom. The highest BCUT2D eigenvalue weighted by Gasteiger charge is 2.32. The Labute approximate surface area is 136 Å². The molecule has 2 N–H and O–H groups in total. The van der Waals surface area contributed by atoms with E-state index in [0.29, 0.717) is 25.3 Å². The van der Waals surface area contributed by atoms with Crippen LogP contribution < -0.4 is 10.5 Å². The van der Waals surface area contributed by atoms with Gasteiger partial charge in [-0.2, -0.15) is 0 Å². The second-order valence-electron chi connectivity index (χ2n) is 5.12. The van der Waals surface area contributed by atoms with E-state index in [1.807, 2.05) is 0 Å². The van der Waals surface area contributed by atoms with Gasteiger partial charge in [0.1, 0.15) is 11.6 Å². The number of hydrogen-bond donors (Lipinski definition) is 1. The molecule has 1 amide bonds. The van der Waals surface area contributed by atoms with E-state index in [2.05, 4.69) is 0 Å². The van der Waals surface area contributed by atoms with Gasteiger partial charge in [-0.15, -0.1) is 12.4 Å². The number of amides is 1. The lowest BCUT2D eigenvalue weighted by Gasteiger charge is -2.38. The quantitative estimate of drug-likeness (QED) is 0.913. The third kappa shape index (κ3) is 3.88. The number of piperidine rings is 1. The summed E-state index contributed by atoms with van der Waals surface area (Å²) < 4.78 is 24.3. The molecule has 2 rings (SSSR count). The van der Waals surface area contributed by atoms with Crippen molar-refractivity contribution in [2.24, 2.45) is 5.73 Å². The molecule has 0 bridgehead atoms. The zero-order chi connectivity index (χ0) is 15.4. The fourth-order valence-corrected chi connectivity index (χ4v) is 2.67. The van der Waals surface area contributed by atoms with Gasteiger partial charge in [-0.25, -0.2) is 4.39 Å². The van der Waals surface area contributed by atoms with Crippen molar-refractivity contribution < 1.29 is 18.7 Å². The number of nitrogens with two attached hydrogens (primary N) is 1. The number of hydrogen-bond acceptors (Lipinski definition) is 4. The van der Waals surface area contributed by atoms with E-state index >= 15 is 0 Å². The van der Waals surface area contributed by atoms with Gasteiger partial charge in [0.05, 0.1) is 18.8 Å². The molecule has 2 atom stereocenters. The number of likely N-dealkylation sites (tertiary alicyclic amines) is 1. The Hall–Kier alpha value is -1.37. The second kappa shape index (κ2) is 8.31. The van der Waals surface area contributed by atoms with E-state index in [4.69, 9.17) is 15.2 Å². The molecule has 22 heavy (non-hydrogen) atoms. The smallest absolute Gasteiger partial charge is 0.257 e. The van der Waals surface area contributed by atoms with Crippen LogP contribution in [0.1, 0.15) is 23.2 Å². The molecule has 124 valence electrons. The van der Waals surface area contributed by atoms with E-state index < -0.39 is 5.82 Å². The summed E-state index contributed by atoms with van der Waals surface area (Å²) in [5, 5.41) is 0. The number of benzene rings is 1. The van der Waals surface area contributed by atoms with Gasteiger partial charge >= 0.3 is 0 Å². The van der Waals surface area contributed by atoms with Crippen LogP contribution in [0.5, 0.6) is 5.75 Å². The number of carbonyl (C=O) groups excluding carboxylic acids is 1. The minimum atomic E-state index is -0.580. The predicted molar refractivity (Wildman–Crippen MR) is 84.1 cm³/mol. The molecular weight excluding hydrogens is 311 g/mol. The molecule has 0 radical (unpaired) electrons. The van der Waals surface area contributed by atoms with E-state index in [1.165, 1.54) is 19.2 Å². The molecule has 2 unspecified atom stereocenters. The van der Waals surface area contributed by atoms with Crippen molar-refractivity contribution in [2.45, 2.75) is 25.0 Å². The zero-order valence-corrected chi connectivity index (χ0v) is 13.6. The van der Waals surface area contributed by atoms with Crippen LogP contribution in [0.4, 0.5) is 4.39 Å². The van der Waals surface area contributed by atoms with Gasteiger partial charge in [0.2, 0.25) is 0 Å². The predicted octanol–water partition coefficient (Wildman–Crippen LogP) is 1.83. The second-order valence-corrected chi connectivity index (χ2v) is 5.12. The van der Waals surface area contributed by atoms with Crippen LogP contribution >= 0.6 is 12.4 Å². The molecule has 0 spiro atoms. The number of ether oxygens (including phenoxy) is 2. The Morgan fingerprint density at radius 2 is 2.18 bits per heavy atom. The lowest BCUT2D eigenvalue weighted by Crippen LogP contribution is -2.51. The average Bonchev–Trinajstić information content (AvgIpc) is 2.53. The molecule has 1 heterocycles. The summed E-state index contributed by atoms with van der Waals surface area (Å²) in [6.07, 6.45) is 1.51. The molecule has 1 fully saturated rings. The summed E-state index contributed by atoms with van der Waals surface area (Å²) in [4.78, 5) is 14.2. The maximum atomic E-state index is 14.0. The molecule has 1 aromatic carbocycles. The molecule has 7 heteroatoms. The first kappa shape index (κ1) is 18.7. The first-order valence-electron chi connectivity index (χ1n) is 6.98. The SMILES string of the molecule is COc1ccc(C(=O)N2CCC(OC)CC2CN)c(F)c1.Cl. The molecule has 1 saturated heterocycles. The van der Waals surface area contributed by atoms with Crippen molar-refractivity contribution in [3.63, 3.8) is 0 Å². The monoisotopic (exact) mass is 332 g/mol. The van der Waals surface area contributed by atoms with Gasteiger partial charge in [-0.05, 0) is 25.0 Å². The first-order valence-corrected chi connectivity index (χ1v) is 6.98. The third-order valence-electron chi connectivity index (χ3n) is 3.94. The molecule has 1 aromatic rings. The van der Waals surface area contributed by atoms with E-state index in [0.717, 1.165) is 6.42 Å². The number of halogens is 2. The van der Waals surface area contributed by atoms with Crippen molar-refractivity contribution in [1.29, 1.82) is 0 Å². The van der Waals surface area contributed by atoms with Crippen LogP contribution in [-0.2, 0) is 4.74 Å². The third-order valence-corrected chi connectivity index (χ3v) is 3.94. The molecule has 0 aromatic heterocycles. The highest BCUT2D eigenvalue weighted by molar-refractivity contribution is 5.95. The lowest BCUT2D eigenvalue weighted by atomic mass is 9.98. The van der Waals surface area contributed by atoms with Gasteiger partial charge in [-0.3, -0.25) is 4.79 Å². The topological polar surface area (TPSA) is 64.8 Å². The average molecular weight is 333 g/mol. The fraction of sp³-hybridized carbons (Fsp3) is 0.533. The Morgan fingerprint density at radius 1 is 1.45 bits per heavy atom. The summed E-state index contributed by atoms with van der Waals surface area (Å²) in [7, 11) is 3.11. The summed E-state index contributed by atoms with van der Waals surface area (Å²) in [6.45, 7) is 0.855. The van der Waals surface area contributed by atoms with Crippen molar-refractivity contribution >= 4 is 18.3 Å². The molecule has 1 aliphatic heterocycles. The van der Waals surface area contributed by atoms with Gasteiger partial charge in [0.25, 0.3) is 5.91 Å². The highest BCUT2D eigenvalue weighted by atomic mass is 35.5. The van der Waals surface area contributed by atoms with Crippen LogP contribution in [0.25, 0.3) is 0 Å². The largest absolute Gasteiger partial charge is 0.497 e. The summed E-state index contributed by atoms with van der Waals surface area (Å²) >= 11 is 0. The molecule has 0 aliphatic carbocycles. The van der Waals surface area contributed by atoms with Crippen LogP contribution in [0, 0.1) is 5.82 Å². The van der Waals surface area contributed by atoms with Crippen LogP contribution in [0.15, 0.2) is 18.2 Å². The summed E-state index contributed by atoms with van der Waals surface area (Å²) in [6, 6.07) is 4.12. The fourth-order valence-electron chi connectivity index (χ4n) is 2.67. The normalized spacial score (nSPS) is 21.2. The van der Waals surface area contributed by atoms with E-state index in [9.17, 15) is 9.18 Å². The molecule has 1 aliphatic rings. The van der Waals surface area contributed by atoms with Gasteiger partial charge in [0.15, 0.2) is 0 Å². The van der Waals surface area contributed by atoms with Crippen LogP contribution in [-0.4, -0.2) is 50.3 Å². The maximum absolute atomic E-state index is 14.0. The summed E-state index contributed by atoms with van der Waals surface area (Å²) in [5.41, 5.74) is 5.79. The Kier molecular flexibility index (Phi) is 7.06. The molecule has 5 nitrogen and oxygen atoms in total. The van der Waals surface area contributed by atoms with Gasteiger partial charge in [0, 0.05) is 32.3 Å². The van der Waals surface area contributed by atoms with Crippen LogP contribution in [0.2, 0.25) is 0 Å². The first-order chi connectivity index (χ1) is 10.1. The van der Waals surface area contributed by atoms with Gasteiger partial charge in [-0.1, -0.05) is 0 Å². The molecular formula is C15H22ClFN2O3. The Bertz CT molecular complexity index is 516. The zero-order valence-electron chi connectivity index (χ0n) is 12.8. The highest BCUT2D eigenvalue weighted by Crippen LogP contribution is 2.24. The van der Waals surface area contributed by atoms with Crippen molar-refractivity contribution in [3.05, 3.63) is 29.6 Å². The Balaban J connectivity index is 0.00000242. The maximum Gasteiger partial charge on any atom is 0.257 e. The number of methoxy groups -OCH3 is 2. The van der Waals surface area contributed by atoms with Crippen molar-refractivity contribution in [3.8, 4) is 5.75 Å². The van der Waals surface area contributed by atoms with Crippen LogP contribution in [0.3, 0.4) is 0 Å². The molecule has 0 saturated carbocycles. The van der Waals surface area contributed by atoms with Gasteiger partial charge < -0.3 is 20.1 Å². The van der Waals surface area contributed by atoms with Crippen molar-refractivity contribution in [2.75, 3.05) is 27.3 Å². The number of nitrogens with zero attached hydrogens (tertiary/aromatic N) is 1. The standard InChI is InChI=1S/C15H21FN2O3.ClH/c1-20-11-3-4-13(14(16)8-11)15(19)18-6-5-12(21-2)7-10(18)9-17;/h3-4,8,10,12H,5-7,9,17H2,1-2H3;1H. The lowest BCUT2D eigenvalue weighted by molar-refractivity contribution is 0.0137. The van der Waals surface area contributed by atoms with Crippen molar-refractivity contribution in [1.82, 2.24) is 4.90 Å². The number of rotatable bonds is 4. The minimum Gasteiger partial charge on any atom is -0.497 e. The number of carbonyl (C=O) groups is 1. The van der Waals surface area contributed by atoms with E-state index in [1.54, 1.807) is 18.1 Å².